The number of rotatable bonds is 3. The summed E-state index contributed by atoms with van der Waals surface area (Å²) in [6, 6.07) is 9.70. The molecule has 0 atom stereocenters. The molecule has 0 saturated carbocycles. The van der Waals surface area contributed by atoms with Crippen molar-refractivity contribution in [2.75, 3.05) is 0 Å². The molecular weight excluding hydrogens is 308 g/mol. The first-order chi connectivity index (χ1) is 10.4. The van der Waals surface area contributed by atoms with E-state index in [1.807, 2.05) is 46.3 Å². The number of alkyl halides is 1. The fraction of sp³-hybridized carbons (Fsp3) is 0.0769. The number of hydrogen-bond donors (Lipinski definition) is 0. The number of hydrogen-bond acceptors (Lipinski definition) is 5. The number of fused-ring (bicyclic) bond motifs is 1. The second kappa shape index (κ2) is 4.94. The van der Waals surface area contributed by atoms with Gasteiger partial charge in [-0.05, 0) is 5.21 Å². The molecule has 0 N–H and O–H groups in total. The summed E-state index contributed by atoms with van der Waals surface area (Å²) < 4.78 is 1.94. The number of tetrazole rings is 1. The Bertz CT molecular complexity index is 894. The SMILES string of the molecule is ClCc1c(-n2nnc(-c3ccccc3)n2)nc2sccn12. The molecule has 8 heteroatoms. The summed E-state index contributed by atoms with van der Waals surface area (Å²) in [6.07, 6.45) is 1.93. The van der Waals surface area contributed by atoms with Gasteiger partial charge in [-0.15, -0.1) is 37.9 Å². The second-order valence-electron chi connectivity index (χ2n) is 4.34. The van der Waals surface area contributed by atoms with Crippen molar-refractivity contribution >= 4 is 27.9 Å². The van der Waals surface area contributed by atoms with Crippen LogP contribution in [0.25, 0.3) is 22.2 Å². The highest BCUT2D eigenvalue weighted by Crippen LogP contribution is 2.22. The van der Waals surface area contributed by atoms with Crippen molar-refractivity contribution in [3.05, 3.63) is 47.6 Å². The van der Waals surface area contributed by atoms with Crippen LogP contribution in [0.15, 0.2) is 41.9 Å². The summed E-state index contributed by atoms with van der Waals surface area (Å²) in [5.74, 6) is 1.51. The van der Waals surface area contributed by atoms with Gasteiger partial charge in [-0.25, -0.2) is 0 Å². The normalized spacial score (nSPS) is 11.3. The smallest absolute Gasteiger partial charge is 0.205 e. The van der Waals surface area contributed by atoms with E-state index in [4.69, 9.17) is 11.6 Å². The van der Waals surface area contributed by atoms with Crippen LogP contribution in [0.5, 0.6) is 0 Å². The lowest BCUT2D eigenvalue weighted by Crippen LogP contribution is -2.03. The molecule has 6 nitrogen and oxygen atoms in total. The molecule has 0 aliphatic carbocycles. The Hall–Kier alpha value is -2.25. The predicted octanol–water partition coefficient (Wildman–Crippen LogP) is 2.78. The minimum atomic E-state index is 0.329. The average molecular weight is 317 g/mol. The summed E-state index contributed by atoms with van der Waals surface area (Å²) in [5.41, 5.74) is 1.77. The van der Waals surface area contributed by atoms with Crippen LogP contribution >= 0.6 is 22.9 Å². The van der Waals surface area contributed by atoms with Gasteiger partial charge >= 0.3 is 0 Å². The molecule has 0 fully saturated rings. The van der Waals surface area contributed by atoms with Gasteiger partial charge in [0.05, 0.1) is 11.6 Å². The Labute approximate surface area is 128 Å². The Kier molecular flexibility index (Phi) is 2.94. The monoisotopic (exact) mass is 316 g/mol. The molecule has 0 saturated heterocycles. The van der Waals surface area contributed by atoms with E-state index in [-0.39, 0.29) is 0 Å². The lowest BCUT2D eigenvalue weighted by Gasteiger charge is -1.97. The van der Waals surface area contributed by atoms with Crippen LogP contribution in [0.3, 0.4) is 0 Å². The molecule has 4 rings (SSSR count). The number of halogens is 1. The summed E-state index contributed by atoms with van der Waals surface area (Å²) >= 11 is 7.58. The first kappa shape index (κ1) is 12.5. The number of nitrogens with zero attached hydrogens (tertiary/aromatic N) is 6. The number of thiazole rings is 1. The van der Waals surface area contributed by atoms with Crippen LogP contribution in [-0.4, -0.2) is 29.6 Å². The van der Waals surface area contributed by atoms with Gasteiger partial charge in [0.25, 0.3) is 0 Å². The van der Waals surface area contributed by atoms with Crippen LogP contribution < -0.4 is 0 Å². The van der Waals surface area contributed by atoms with E-state index in [0.29, 0.717) is 17.5 Å². The van der Waals surface area contributed by atoms with Crippen molar-refractivity contribution in [2.24, 2.45) is 0 Å². The molecule has 0 radical (unpaired) electrons. The van der Waals surface area contributed by atoms with Gasteiger partial charge in [-0.3, -0.25) is 4.40 Å². The fourth-order valence-corrected chi connectivity index (χ4v) is 3.09. The summed E-state index contributed by atoms with van der Waals surface area (Å²) in [4.78, 5) is 6.81. The topological polar surface area (TPSA) is 60.9 Å². The molecule has 3 aromatic heterocycles. The lowest BCUT2D eigenvalue weighted by molar-refractivity contribution is 0.699. The maximum absolute atomic E-state index is 6.04. The van der Waals surface area contributed by atoms with Crippen LogP contribution in [0, 0.1) is 0 Å². The zero-order valence-corrected chi connectivity index (χ0v) is 12.3. The maximum atomic E-state index is 6.04. The largest absolute Gasteiger partial charge is 0.291 e. The number of aromatic nitrogens is 6. The van der Waals surface area contributed by atoms with Crippen molar-refractivity contribution in [2.45, 2.75) is 5.88 Å². The van der Waals surface area contributed by atoms with Crippen molar-refractivity contribution in [3.8, 4) is 17.2 Å². The van der Waals surface area contributed by atoms with E-state index in [1.165, 1.54) is 16.1 Å². The van der Waals surface area contributed by atoms with Crippen LogP contribution in [0.2, 0.25) is 0 Å². The molecule has 0 spiro atoms. The van der Waals surface area contributed by atoms with Gasteiger partial charge in [0.15, 0.2) is 10.8 Å². The zero-order chi connectivity index (χ0) is 14.2. The van der Waals surface area contributed by atoms with E-state index >= 15 is 0 Å². The van der Waals surface area contributed by atoms with Gasteiger partial charge < -0.3 is 0 Å². The van der Waals surface area contributed by atoms with Crippen molar-refractivity contribution < 1.29 is 0 Å². The molecule has 0 bridgehead atoms. The third-order valence-electron chi connectivity index (χ3n) is 3.10. The highest BCUT2D eigenvalue weighted by molar-refractivity contribution is 7.15. The first-order valence-corrected chi connectivity index (χ1v) is 7.64. The minimum absolute atomic E-state index is 0.329. The molecule has 104 valence electrons. The Morgan fingerprint density at radius 2 is 2.05 bits per heavy atom. The quantitative estimate of drug-likeness (QED) is 0.545. The molecule has 1 aromatic carbocycles. The van der Waals surface area contributed by atoms with Crippen molar-refractivity contribution in [1.29, 1.82) is 0 Å². The zero-order valence-electron chi connectivity index (χ0n) is 10.7. The molecule has 4 aromatic rings. The maximum Gasteiger partial charge on any atom is 0.205 e. The standard InChI is InChI=1S/C13H9ClN6S/c14-8-10-12(15-13-19(10)6-7-21-13)20-17-11(16-18-20)9-4-2-1-3-5-9/h1-7H,8H2. The summed E-state index contributed by atoms with van der Waals surface area (Å²) in [7, 11) is 0. The van der Waals surface area contributed by atoms with E-state index in [1.54, 1.807) is 0 Å². The number of benzene rings is 1. The van der Waals surface area contributed by atoms with Gasteiger partial charge in [-0.2, -0.15) is 4.98 Å². The molecule has 0 amide bonds. The van der Waals surface area contributed by atoms with Crippen molar-refractivity contribution in [3.63, 3.8) is 0 Å². The molecule has 0 aliphatic rings. The van der Waals surface area contributed by atoms with Crippen molar-refractivity contribution in [1.82, 2.24) is 29.6 Å². The molecule has 21 heavy (non-hydrogen) atoms. The van der Waals surface area contributed by atoms with E-state index in [0.717, 1.165) is 16.2 Å². The van der Waals surface area contributed by atoms with E-state index < -0.39 is 0 Å². The van der Waals surface area contributed by atoms with Gasteiger partial charge in [0.2, 0.25) is 5.82 Å². The summed E-state index contributed by atoms with van der Waals surface area (Å²) in [6.45, 7) is 0. The average Bonchev–Trinajstić information content (AvgIpc) is 3.22. The van der Waals surface area contributed by atoms with E-state index in [9.17, 15) is 0 Å². The molecule has 0 aliphatic heterocycles. The molecular formula is C13H9ClN6S. The Morgan fingerprint density at radius 1 is 1.19 bits per heavy atom. The highest BCUT2D eigenvalue weighted by atomic mass is 35.5. The third kappa shape index (κ3) is 2.01. The lowest BCUT2D eigenvalue weighted by atomic mass is 10.2. The van der Waals surface area contributed by atoms with E-state index in [2.05, 4.69) is 20.4 Å². The van der Waals surface area contributed by atoms with Gasteiger partial charge in [-0.1, -0.05) is 30.3 Å². The van der Waals surface area contributed by atoms with Crippen LogP contribution in [0.4, 0.5) is 0 Å². The third-order valence-corrected chi connectivity index (χ3v) is 4.11. The highest BCUT2D eigenvalue weighted by Gasteiger charge is 2.17. The van der Waals surface area contributed by atoms with Crippen LogP contribution in [-0.2, 0) is 5.88 Å². The second-order valence-corrected chi connectivity index (χ2v) is 5.48. The van der Waals surface area contributed by atoms with Gasteiger partial charge in [0.1, 0.15) is 0 Å². The van der Waals surface area contributed by atoms with Crippen LogP contribution in [0.1, 0.15) is 5.69 Å². The Morgan fingerprint density at radius 3 is 2.86 bits per heavy atom. The Balaban J connectivity index is 1.82. The predicted molar refractivity (Wildman–Crippen MR) is 80.8 cm³/mol. The number of imidazole rings is 1. The fourth-order valence-electron chi connectivity index (χ4n) is 2.11. The first-order valence-electron chi connectivity index (χ1n) is 6.23. The molecule has 3 heterocycles. The van der Waals surface area contributed by atoms with Gasteiger partial charge in [0, 0.05) is 17.1 Å². The molecule has 0 unspecified atom stereocenters. The minimum Gasteiger partial charge on any atom is -0.291 e. The summed E-state index contributed by atoms with van der Waals surface area (Å²) in [5, 5.41) is 14.5.